The number of rotatable bonds is 7. The summed E-state index contributed by atoms with van der Waals surface area (Å²) in [5.41, 5.74) is 1.55. The number of H-pyrrole nitrogens is 1. The van der Waals surface area contributed by atoms with Gasteiger partial charge in [0.2, 0.25) is 11.8 Å². The van der Waals surface area contributed by atoms with Gasteiger partial charge in [-0.2, -0.15) is 15.4 Å². The van der Waals surface area contributed by atoms with Crippen molar-refractivity contribution < 1.29 is 14.4 Å². The molecule has 0 saturated carbocycles. The number of Topliss-reactive ketones (excluding diaryl/α,β-unsaturated/α-hetero) is 1. The van der Waals surface area contributed by atoms with Crippen LogP contribution in [0.5, 0.6) is 0 Å². The number of hydrogen-bond acceptors (Lipinski definition) is 5. The SMILES string of the molecule is C=CCNC(=O)CNC(=O)C(C)C(=O)c1ccc2n[nH]nc2c1. The van der Waals surface area contributed by atoms with Crippen LogP contribution >= 0.6 is 0 Å². The highest BCUT2D eigenvalue weighted by molar-refractivity contribution is 6.11. The van der Waals surface area contributed by atoms with Crippen LogP contribution in [0.1, 0.15) is 17.3 Å². The molecule has 1 atom stereocenters. The summed E-state index contributed by atoms with van der Waals surface area (Å²) in [6.45, 7) is 5.10. The Bertz CT molecular complexity index is 752. The van der Waals surface area contributed by atoms with E-state index >= 15 is 0 Å². The molecule has 23 heavy (non-hydrogen) atoms. The third-order valence-corrected chi connectivity index (χ3v) is 3.25. The highest BCUT2D eigenvalue weighted by Crippen LogP contribution is 2.14. The van der Waals surface area contributed by atoms with Crippen molar-refractivity contribution in [2.24, 2.45) is 5.92 Å². The Morgan fingerprint density at radius 3 is 2.74 bits per heavy atom. The summed E-state index contributed by atoms with van der Waals surface area (Å²) in [7, 11) is 0. The molecule has 2 aromatic rings. The summed E-state index contributed by atoms with van der Waals surface area (Å²) in [5, 5.41) is 15.2. The summed E-state index contributed by atoms with van der Waals surface area (Å²) in [6.07, 6.45) is 1.53. The first-order chi connectivity index (χ1) is 11.0. The number of aromatic nitrogens is 3. The highest BCUT2D eigenvalue weighted by atomic mass is 16.2. The number of amides is 2. The maximum atomic E-state index is 12.3. The van der Waals surface area contributed by atoms with Crippen molar-refractivity contribution in [2.45, 2.75) is 6.92 Å². The third kappa shape index (κ3) is 4.00. The molecule has 1 aromatic heterocycles. The first-order valence-electron chi connectivity index (χ1n) is 7.03. The maximum absolute atomic E-state index is 12.3. The van der Waals surface area contributed by atoms with E-state index in [1.165, 1.54) is 13.0 Å². The van der Waals surface area contributed by atoms with Gasteiger partial charge in [0.05, 0.1) is 12.5 Å². The first-order valence-corrected chi connectivity index (χ1v) is 7.03. The highest BCUT2D eigenvalue weighted by Gasteiger charge is 2.23. The molecule has 0 radical (unpaired) electrons. The van der Waals surface area contributed by atoms with Gasteiger partial charge in [0.25, 0.3) is 0 Å². The van der Waals surface area contributed by atoms with Crippen LogP contribution in [0.4, 0.5) is 0 Å². The zero-order chi connectivity index (χ0) is 16.8. The van der Waals surface area contributed by atoms with Gasteiger partial charge in [0, 0.05) is 12.1 Å². The van der Waals surface area contributed by atoms with E-state index in [0.717, 1.165) is 0 Å². The molecule has 0 aliphatic heterocycles. The van der Waals surface area contributed by atoms with Gasteiger partial charge in [-0.3, -0.25) is 14.4 Å². The fraction of sp³-hybridized carbons (Fsp3) is 0.267. The average molecular weight is 315 g/mol. The molecule has 8 heteroatoms. The van der Waals surface area contributed by atoms with Gasteiger partial charge < -0.3 is 10.6 Å². The molecule has 1 aromatic carbocycles. The monoisotopic (exact) mass is 315 g/mol. The van der Waals surface area contributed by atoms with Gasteiger partial charge in [0.1, 0.15) is 11.0 Å². The van der Waals surface area contributed by atoms with Gasteiger partial charge in [-0.05, 0) is 25.1 Å². The lowest BCUT2D eigenvalue weighted by atomic mass is 9.98. The zero-order valence-electron chi connectivity index (χ0n) is 12.6. The maximum Gasteiger partial charge on any atom is 0.239 e. The van der Waals surface area contributed by atoms with Crippen molar-refractivity contribution in [1.29, 1.82) is 0 Å². The Kier molecular flexibility index (Phi) is 5.19. The lowest BCUT2D eigenvalue weighted by Crippen LogP contribution is -2.40. The van der Waals surface area contributed by atoms with Crippen molar-refractivity contribution in [3.63, 3.8) is 0 Å². The van der Waals surface area contributed by atoms with Gasteiger partial charge in [-0.1, -0.05) is 6.08 Å². The number of carbonyl (C=O) groups is 3. The minimum Gasteiger partial charge on any atom is -0.351 e. The summed E-state index contributed by atoms with van der Waals surface area (Å²) in [4.78, 5) is 35.7. The fourth-order valence-corrected chi connectivity index (χ4v) is 1.93. The lowest BCUT2D eigenvalue weighted by molar-refractivity contribution is -0.127. The summed E-state index contributed by atoms with van der Waals surface area (Å²) < 4.78 is 0. The van der Waals surface area contributed by atoms with Gasteiger partial charge in [-0.15, -0.1) is 6.58 Å². The van der Waals surface area contributed by atoms with Crippen LogP contribution in [0.25, 0.3) is 11.0 Å². The molecule has 1 unspecified atom stereocenters. The first kappa shape index (κ1) is 16.3. The molecule has 3 N–H and O–H groups in total. The Labute approximate surface area is 132 Å². The van der Waals surface area contributed by atoms with Crippen LogP contribution in [-0.4, -0.2) is 46.1 Å². The third-order valence-electron chi connectivity index (χ3n) is 3.25. The standard InChI is InChI=1S/C15H17N5O3/c1-3-6-16-13(21)8-17-15(23)9(2)14(22)10-4-5-11-12(7-10)19-20-18-11/h3-5,7,9H,1,6,8H2,2H3,(H,16,21)(H,17,23)(H,18,19,20). The summed E-state index contributed by atoms with van der Waals surface area (Å²) in [5.74, 6) is -2.11. The van der Waals surface area contributed by atoms with Crippen LogP contribution in [0.2, 0.25) is 0 Å². The average Bonchev–Trinajstić information content (AvgIpc) is 3.03. The molecule has 2 amide bonds. The second-order valence-corrected chi connectivity index (χ2v) is 4.92. The van der Waals surface area contributed by atoms with Gasteiger partial charge >= 0.3 is 0 Å². The fourth-order valence-electron chi connectivity index (χ4n) is 1.93. The number of nitrogens with one attached hydrogen (secondary N) is 3. The molecular weight excluding hydrogens is 298 g/mol. The quantitative estimate of drug-likeness (QED) is 0.383. The summed E-state index contributed by atoms with van der Waals surface area (Å²) in [6, 6.07) is 4.81. The van der Waals surface area contributed by atoms with Crippen molar-refractivity contribution in [3.8, 4) is 0 Å². The van der Waals surface area contributed by atoms with E-state index in [9.17, 15) is 14.4 Å². The predicted molar refractivity (Wildman–Crippen MR) is 83.6 cm³/mol. The van der Waals surface area contributed by atoms with Crippen LogP contribution in [0.3, 0.4) is 0 Å². The van der Waals surface area contributed by atoms with Crippen molar-refractivity contribution >= 4 is 28.6 Å². The molecule has 0 fully saturated rings. The van der Waals surface area contributed by atoms with Crippen molar-refractivity contribution in [2.75, 3.05) is 13.1 Å². The van der Waals surface area contributed by atoms with Crippen LogP contribution < -0.4 is 10.6 Å². The minimum absolute atomic E-state index is 0.188. The van der Waals surface area contributed by atoms with Crippen LogP contribution in [0, 0.1) is 5.92 Å². The van der Waals surface area contributed by atoms with E-state index in [-0.39, 0.29) is 18.2 Å². The number of fused-ring (bicyclic) bond motifs is 1. The molecule has 0 aliphatic carbocycles. The van der Waals surface area contributed by atoms with Gasteiger partial charge in [-0.25, -0.2) is 0 Å². The number of carbonyl (C=O) groups excluding carboxylic acids is 3. The second-order valence-electron chi connectivity index (χ2n) is 4.92. The Hall–Kier alpha value is -3.03. The number of hydrogen-bond donors (Lipinski definition) is 3. The molecule has 0 saturated heterocycles. The van der Waals surface area contributed by atoms with E-state index in [1.807, 2.05) is 0 Å². The Morgan fingerprint density at radius 1 is 1.26 bits per heavy atom. The number of benzene rings is 1. The van der Waals surface area contributed by atoms with Gasteiger partial charge in [0.15, 0.2) is 5.78 Å². The smallest absolute Gasteiger partial charge is 0.239 e. The lowest BCUT2D eigenvalue weighted by Gasteiger charge is -2.11. The number of nitrogens with zero attached hydrogens (tertiary/aromatic N) is 2. The molecular formula is C15H17N5O3. The van der Waals surface area contributed by atoms with Crippen LogP contribution in [0.15, 0.2) is 30.9 Å². The normalized spacial score (nSPS) is 11.7. The topological polar surface area (TPSA) is 117 Å². The number of aromatic amines is 1. The largest absolute Gasteiger partial charge is 0.351 e. The zero-order valence-corrected chi connectivity index (χ0v) is 12.6. The Morgan fingerprint density at radius 2 is 2.00 bits per heavy atom. The van der Waals surface area contributed by atoms with E-state index in [4.69, 9.17) is 0 Å². The van der Waals surface area contributed by atoms with E-state index in [0.29, 0.717) is 23.1 Å². The van der Waals surface area contributed by atoms with Crippen molar-refractivity contribution in [3.05, 3.63) is 36.4 Å². The Balaban J connectivity index is 1.96. The van der Waals surface area contributed by atoms with E-state index < -0.39 is 11.8 Å². The second kappa shape index (κ2) is 7.30. The molecule has 2 rings (SSSR count). The molecule has 0 bridgehead atoms. The molecule has 120 valence electrons. The summed E-state index contributed by atoms with van der Waals surface area (Å²) >= 11 is 0. The minimum atomic E-state index is -0.911. The molecule has 8 nitrogen and oxygen atoms in total. The van der Waals surface area contributed by atoms with E-state index in [2.05, 4.69) is 32.6 Å². The molecule has 0 aliphatic rings. The predicted octanol–water partition coefficient (Wildman–Crippen LogP) is 0.195. The van der Waals surface area contributed by atoms with Crippen LogP contribution in [-0.2, 0) is 9.59 Å². The molecule has 1 heterocycles. The van der Waals surface area contributed by atoms with E-state index in [1.54, 1.807) is 18.2 Å². The van der Waals surface area contributed by atoms with Crippen molar-refractivity contribution in [1.82, 2.24) is 26.0 Å². The molecule has 0 spiro atoms. The number of ketones is 1.